The summed E-state index contributed by atoms with van der Waals surface area (Å²) in [6.45, 7) is 0.951. The lowest BCUT2D eigenvalue weighted by atomic mass is 10.1. The molecule has 0 bridgehead atoms. The van der Waals surface area contributed by atoms with Crippen LogP contribution in [0.25, 0.3) is 21.7 Å². The molecule has 1 aromatic heterocycles. The summed E-state index contributed by atoms with van der Waals surface area (Å²) in [6, 6.07) is 18.9. The van der Waals surface area contributed by atoms with Gasteiger partial charge in [0.1, 0.15) is 11.3 Å². The molecule has 0 saturated carbocycles. The van der Waals surface area contributed by atoms with Crippen LogP contribution in [0.4, 0.5) is 4.39 Å². The lowest BCUT2D eigenvalue weighted by Crippen LogP contribution is -2.50. The Hall–Kier alpha value is -3.36. The van der Waals surface area contributed by atoms with E-state index in [4.69, 9.17) is 0 Å². The Morgan fingerprint density at radius 1 is 0.844 bits per heavy atom. The number of sulfonamides is 1. The summed E-state index contributed by atoms with van der Waals surface area (Å²) in [5, 5.41) is 2.39. The first kappa shape index (κ1) is 20.5. The van der Waals surface area contributed by atoms with E-state index in [-0.39, 0.29) is 42.5 Å². The monoisotopic (exact) mass is 449 g/mol. The zero-order chi connectivity index (χ0) is 22.3. The number of piperazine rings is 1. The molecule has 1 aliphatic rings. The number of rotatable bonds is 3. The molecule has 0 atom stereocenters. The van der Waals surface area contributed by atoms with E-state index < -0.39 is 15.8 Å². The minimum absolute atomic E-state index is 0.205. The Labute approximate surface area is 184 Å². The molecule has 1 aliphatic heterocycles. The van der Waals surface area contributed by atoms with Crippen LogP contribution in [0, 0.1) is 5.82 Å². The van der Waals surface area contributed by atoms with Crippen LogP contribution in [-0.4, -0.2) is 54.7 Å². The molecule has 6 nitrogen and oxygen atoms in total. The Kier molecular flexibility index (Phi) is 5.11. The van der Waals surface area contributed by atoms with E-state index in [0.29, 0.717) is 10.9 Å². The van der Waals surface area contributed by atoms with Crippen LogP contribution >= 0.6 is 0 Å². The van der Waals surface area contributed by atoms with Crippen molar-refractivity contribution in [2.75, 3.05) is 26.2 Å². The van der Waals surface area contributed by atoms with Crippen LogP contribution in [0.1, 0.15) is 10.4 Å². The SMILES string of the molecule is O=C(c1cnc2c(F)cccc2c1)N1CCN(S(=O)(=O)c2ccc3ccccc3c2)CC1. The second-order valence-electron chi connectivity index (χ2n) is 7.74. The largest absolute Gasteiger partial charge is 0.336 e. The molecular weight excluding hydrogens is 429 g/mol. The molecule has 2 heterocycles. The molecule has 1 fully saturated rings. The molecule has 0 spiro atoms. The lowest BCUT2D eigenvalue weighted by molar-refractivity contribution is 0.0697. The van der Waals surface area contributed by atoms with E-state index in [0.717, 1.165) is 10.8 Å². The van der Waals surface area contributed by atoms with Crippen molar-refractivity contribution in [2.24, 2.45) is 0 Å². The van der Waals surface area contributed by atoms with Crippen molar-refractivity contribution in [1.82, 2.24) is 14.2 Å². The quantitative estimate of drug-likeness (QED) is 0.479. The highest BCUT2D eigenvalue weighted by atomic mass is 32.2. The van der Waals surface area contributed by atoms with Gasteiger partial charge in [0.05, 0.1) is 10.5 Å². The highest BCUT2D eigenvalue weighted by molar-refractivity contribution is 7.89. The maximum atomic E-state index is 13.8. The number of carbonyl (C=O) groups is 1. The number of hydrogen-bond donors (Lipinski definition) is 0. The minimum Gasteiger partial charge on any atom is -0.336 e. The number of halogens is 1. The average Bonchev–Trinajstić information content (AvgIpc) is 2.83. The Morgan fingerprint density at radius 3 is 2.34 bits per heavy atom. The summed E-state index contributed by atoms with van der Waals surface area (Å²) < 4.78 is 41.5. The van der Waals surface area contributed by atoms with Gasteiger partial charge in [-0.2, -0.15) is 4.31 Å². The van der Waals surface area contributed by atoms with Crippen LogP contribution < -0.4 is 0 Å². The lowest BCUT2D eigenvalue weighted by Gasteiger charge is -2.34. The molecular formula is C24H20FN3O3S. The van der Waals surface area contributed by atoms with Crippen molar-refractivity contribution in [1.29, 1.82) is 0 Å². The second kappa shape index (κ2) is 7.96. The van der Waals surface area contributed by atoms with Crippen molar-refractivity contribution < 1.29 is 17.6 Å². The van der Waals surface area contributed by atoms with Crippen LogP contribution in [0.2, 0.25) is 0 Å². The number of hydrogen-bond acceptors (Lipinski definition) is 4. The standard InChI is InChI=1S/C24H20FN3O3S/c25-22-7-3-6-19-14-20(16-26-23(19)22)24(29)27-10-12-28(13-11-27)32(30,31)21-9-8-17-4-1-2-5-18(17)15-21/h1-9,14-16H,10-13H2. The fourth-order valence-corrected chi connectivity index (χ4v) is 5.49. The summed E-state index contributed by atoms with van der Waals surface area (Å²) in [5.41, 5.74) is 0.573. The molecule has 0 unspecified atom stereocenters. The van der Waals surface area contributed by atoms with Gasteiger partial charge in [-0.25, -0.2) is 12.8 Å². The predicted molar refractivity (Wildman–Crippen MR) is 120 cm³/mol. The van der Waals surface area contributed by atoms with Crippen molar-refractivity contribution in [3.8, 4) is 0 Å². The number of fused-ring (bicyclic) bond motifs is 2. The van der Waals surface area contributed by atoms with Crippen molar-refractivity contribution in [3.63, 3.8) is 0 Å². The number of pyridine rings is 1. The average molecular weight is 450 g/mol. The molecule has 162 valence electrons. The molecule has 8 heteroatoms. The van der Waals surface area contributed by atoms with Crippen LogP contribution in [0.3, 0.4) is 0 Å². The van der Waals surface area contributed by atoms with Crippen LogP contribution in [-0.2, 0) is 10.0 Å². The summed E-state index contributed by atoms with van der Waals surface area (Å²) in [7, 11) is -3.66. The third-order valence-electron chi connectivity index (χ3n) is 5.79. The first-order chi connectivity index (χ1) is 15.4. The van der Waals surface area contributed by atoms with Crippen molar-refractivity contribution >= 4 is 37.6 Å². The molecule has 0 N–H and O–H groups in total. The molecule has 3 aromatic carbocycles. The second-order valence-corrected chi connectivity index (χ2v) is 9.68. The van der Waals surface area contributed by atoms with Gasteiger partial charge in [0.2, 0.25) is 10.0 Å². The third-order valence-corrected chi connectivity index (χ3v) is 7.69. The number of nitrogens with zero attached hydrogens (tertiary/aromatic N) is 3. The topological polar surface area (TPSA) is 70.6 Å². The summed E-state index contributed by atoms with van der Waals surface area (Å²) in [6.07, 6.45) is 1.37. The molecule has 0 radical (unpaired) electrons. The number of amides is 1. The molecule has 1 saturated heterocycles. The zero-order valence-electron chi connectivity index (χ0n) is 17.1. The molecule has 32 heavy (non-hydrogen) atoms. The Morgan fingerprint density at radius 2 is 1.56 bits per heavy atom. The van der Waals surface area contributed by atoms with Gasteiger partial charge in [-0.05, 0) is 35.0 Å². The fraction of sp³-hybridized carbons (Fsp3) is 0.167. The van der Waals surface area contributed by atoms with Crippen LogP contribution in [0.5, 0.6) is 0 Å². The van der Waals surface area contributed by atoms with Gasteiger partial charge in [-0.15, -0.1) is 0 Å². The van der Waals surface area contributed by atoms with Gasteiger partial charge < -0.3 is 4.90 Å². The third kappa shape index (κ3) is 3.61. The number of para-hydroxylation sites is 1. The number of aromatic nitrogens is 1. The highest BCUT2D eigenvalue weighted by Gasteiger charge is 2.30. The van der Waals surface area contributed by atoms with Crippen LogP contribution in [0.15, 0.2) is 77.8 Å². The molecule has 5 rings (SSSR count). The molecule has 4 aromatic rings. The zero-order valence-corrected chi connectivity index (χ0v) is 17.9. The van der Waals surface area contributed by atoms with Gasteiger partial charge in [-0.3, -0.25) is 9.78 Å². The van der Waals surface area contributed by atoms with Gasteiger partial charge in [0.25, 0.3) is 5.91 Å². The maximum Gasteiger partial charge on any atom is 0.255 e. The van der Waals surface area contributed by atoms with E-state index in [1.54, 1.807) is 41.3 Å². The Bertz CT molecular complexity index is 1450. The van der Waals surface area contributed by atoms with Gasteiger partial charge >= 0.3 is 0 Å². The van der Waals surface area contributed by atoms with E-state index in [1.165, 1.54) is 16.6 Å². The first-order valence-electron chi connectivity index (χ1n) is 10.3. The first-order valence-corrected chi connectivity index (χ1v) is 11.7. The maximum absolute atomic E-state index is 13.8. The number of carbonyl (C=O) groups excluding carboxylic acids is 1. The highest BCUT2D eigenvalue weighted by Crippen LogP contribution is 2.24. The van der Waals surface area contributed by atoms with Gasteiger partial charge in [-0.1, -0.05) is 42.5 Å². The van der Waals surface area contributed by atoms with E-state index in [9.17, 15) is 17.6 Å². The normalized spacial score (nSPS) is 15.3. The number of benzene rings is 3. The molecule has 0 aliphatic carbocycles. The van der Waals surface area contributed by atoms with Gasteiger partial charge in [0, 0.05) is 37.8 Å². The summed E-state index contributed by atoms with van der Waals surface area (Å²) in [4.78, 5) is 18.9. The minimum atomic E-state index is -3.66. The predicted octanol–water partition coefficient (Wildman–Crippen LogP) is 3.67. The van der Waals surface area contributed by atoms with Gasteiger partial charge in [0.15, 0.2) is 0 Å². The molecule has 1 amide bonds. The van der Waals surface area contributed by atoms with E-state index in [1.807, 2.05) is 24.3 Å². The van der Waals surface area contributed by atoms with E-state index in [2.05, 4.69) is 4.98 Å². The Balaban J connectivity index is 1.32. The van der Waals surface area contributed by atoms with Crippen molar-refractivity contribution in [3.05, 3.63) is 84.3 Å². The van der Waals surface area contributed by atoms with E-state index >= 15 is 0 Å². The smallest absolute Gasteiger partial charge is 0.255 e. The summed E-state index contributed by atoms with van der Waals surface area (Å²) >= 11 is 0. The van der Waals surface area contributed by atoms with Crippen molar-refractivity contribution in [2.45, 2.75) is 4.90 Å². The fourth-order valence-electron chi connectivity index (χ4n) is 4.03. The summed E-state index contributed by atoms with van der Waals surface area (Å²) in [5.74, 6) is -0.680.